The minimum Gasteiger partial charge on any atom is -0.382 e. The van der Waals surface area contributed by atoms with Crippen LogP contribution in [-0.2, 0) is 19.1 Å². The van der Waals surface area contributed by atoms with E-state index in [1.54, 1.807) is 19.1 Å². The van der Waals surface area contributed by atoms with E-state index < -0.39 is 0 Å². The zero-order valence-corrected chi connectivity index (χ0v) is 12.9. The van der Waals surface area contributed by atoms with Gasteiger partial charge in [-0.3, -0.25) is 9.59 Å². The van der Waals surface area contributed by atoms with Gasteiger partial charge in [0.05, 0.1) is 19.8 Å². The van der Waals surface area contributed by atoms with Crippen molar-refractivity contribution in [2.24, 2.45) is 0 Å². The van der Waals surface area contributed by atoms with Crippen molar-refractivity contribution >= 4 is 24.2 Å². The Morgan fingerprint density at radius 3 is 2.50 bits per heavy atom. The summed E-state index contributed by atoms with van der Waals surface area (Å²) < 4.78 is 9.94. The van der Waals surface area contributed by atoms with Crippen LogP contribution < -0.4 is 5.32 Å². The van der Waals surface area contributed by atoms with Crippen molar-refractivity contribution in [2.45, 2.75) is 0 Å². The molecule has 0 radical (unpaired) electrons. The molecule has 0 aromatic rings. The van der Waals surface area contributed by atoms with Gasteiger partial charge in [0, 0.05) is 40.3 Å². The van der Waals surface area contributed by atoms with Crippen LogP contribution in [0.4, 0.5) is 0 Å². The molecular weight excluding hydrogens is 286 g/mol. The highest BCUT2D eigenvalue weighted by atomic mass is 35.5. The second-order valence-corrected chi connectivity index (χ2v) is 4.43. The Kier molecular flexibility index (Phi) is 10.4. The maximum absolute atomic E-state index is 11.9. The van der Waals surface area contributed by atoms with Crippen molar-refractivity contribution in [2.75, 3.05) is 66.7 Å². The molecule has 7 nitrogen and oxygen atoms in total. The fourth-order valence-electron chi connectivity index (χ4n) is 1.72. The number of rotatable bonds is 7. The molecule has 20 heavy (non-hydrogen) atoms. The lowest BCUT2D eigenvalue weighted by Crippen LogP contribution is -2.50. The average molecular weight is 310 g/mol. The van der Waals surface area contributed by atoms with E-state index in [0.717, 1.165) is 13.1 Å². The van der Waals surface area contributed by atoms with Crippen molar-refractivity contribution < 1.29 is 19.1 Å². The maximum atomic E-state index is 11.9. The molecule has 1 heterocycles. The zero-order chi connectivity index (χ0) is 14.1. The van der Waals surface area contributed by atoms with Crippen LogP contribution in [0.1, 0.15) is 0 Å². The van der Waals surface area contributed by atoms with Crippen LogP contribution in [0.3, 0.4) is 0 Å². The summed E-state index contributed by atoms with van der Waals surface area (Å²) in [6, 6.07) is 0. The van der Waals surface area contributed by atoms with Gasteiger partial charge in [-0.25, -0.2) is 0 Å². The molecule has 1 aliphatic heterocycles. The second kappa shape index (κ2) is 10.8. The number of carbonyl (C=O) groups excluding carboxylic acids is 2. The molecule has 2 amide bonds. The van der Waals surface area contributed by atoms with Crippen LogP contribution in [-0.4, -0.2) is 88.3 Å². The number of piperazine rings is 1. The number of methoxy groups -OCH3 is 1. The van der Waals surface area contributed by atoms with Crippen LogP contribution in [0.25, 0.3) is 0 Å². The summed E-state index contributed by atoms with van der Waals surface area (Å²) in [6.45, 7) is 3.93. The molecule has 1 aliphatic rings. The van der Waals surface area contributed by atoms with E-state index in [0.29, 0.717) is 26.3 Å². The van der Waals surface area contributed by atoms with Gasteiger partial charge in [0.1, 0.15) is 6.61 Å². The van der Waals surface area contributed by atoms with Crippen LogP contribution in [0.2, 0.25) is 0 Å². The van der Waals surface area contributed by atoms with E-state index >= 15 is 0 Å². The summed E-state index contributed by atoms with van der Waals surface area (Å²) >= 11 is 0. The average Bonchev–Trinajstić information content (AvgIpc) is 2.44. The van der Waals surface area contributed by atoms with Crippen molar-refractivity contribution in [3.05, 3.63) is 0 Å². The van der Waals surface area contributed by atoms with E-state index in [1.807, 2.05) is 0 Å². The zero-order valence-electron chi connectivity index (χ0n) is 12.1. The quantitative estimate of drug-likeness (QED) is 0.608. The third-order valence-electron chi connectivity index (χ3n) is 2.93. The maximum Gasteiger partial charge on any atom is 0.248 e. The summed E-state index contributed by atoms with van der Waals surface area (Å²) in [5.41, 5.74) is 0. The number of nitrogens with one attached hydrogen (secondary N) is 1. The van der Waals surface area contributed by atoms with E-state index in [4.69, 9.17) is 9.47 Å². The van der Waals surface area contributed by atoms with Crippen LogP contribution in [0.5, 0.6) is 0 Å². The molecule has 0 spiro atoms. The lowest BCUT2D eigenvalue weighted by atomic mass is 10.3. The predicted octanol–water partition coefficient (Wildman–Crippen LogP) is -1.04. The molecule has 0 unspecified atom stereocenters. The van der Waals surface area contributed by atoms with Gasteiger partial charge in [-0.05, 0) is 0 Å². The number of carbonyl (C=O) groups is 2. The molecule has 0 bridgehead atoms. The monoisotopic (exact) mass is 309 g/mol. The molecule has 0 aliphatic carbocycles. The van der Waals surface area contributed by atoms with E-state index in [9.17, 15) is 9.59 Å². The first-order valence-electron chi connectivity index (χ1n) is 6.44. The van der Waals surface area contributed by atoms with Gasteiger partial charge in [-0.15, -0.1) is 12.4 Å². The molecule has 0 aromatic heterocycles. The lowest BCUT2D eigenvalue weighted by Gasteiger charge is -2.29. The first-order valence-corrected chi connectivity index (χ1v) is 6.44. The van der Waals surface area contributed by atoms with E-state index in [2.05, 4.69) is 5.32 Å². The Morgan fingerprint density at radius 1 is 1.25 bits per heavy atom. The molecule has 0 saturated carbocycles. The standard InChI is InChI=1S/C12H23N3O4.ClH/c1-14(12(17)10-19-8-7-18-2)9-11(16)15-5-3-13-4-6-15;/h13H,3-10H2,1-2H3;1H. The Morgan fingerprint density at radius 2 is 1.90 bits per heavy atom. The highest BCUT2D eigenvalue weighted by Crippen LogP contribution is 1.96. The van der Waals surface area contributed by atoms with Gasteiger partial charge in [-0.1, -0.05) is 0 Å². The number of likely N-dealkylation sites (N-methyl/N-ethyl adjacent to an activating group) is 1. The highest BCUT2D eigenvalue weighted by molar-refractivity contribution is 5.85. The topological polar surface area (TPSA) is 71.1 Å². The number of halogens is 1. The molecule has 8 heteroatoms. The molecule has 1 saturated heterocycles. The molecule has 1 rings (SSSR count). The number of hydrogen-bond donors (Lipinski definition) is 1. The molecule has 0 aromatic carbocycles. The Balaban J connectivity index is 0.00000361. The summed E-state index contributed by atoms with van der Waals surface area (Å²) in [5, 5.41) is 3.18. The molecule has 0 atom stereocenters. The smallest absolute Gasteiger partial charge is 0.248 e. The number of nitrogens with zero attached hydrogens (tertiary/aromatic N) is 2. The highest BCUT2D eigenvalue weighted by Gasteiger charge is 2.19. The Hall–Kier alpha value is -0.890. The first kappa shape index (κ1) is 19.1. The van der Waals surface area contributed by atoms with E-state index in [-0.39, 0.29) is 37.4 Å². The largest absolute Gasteiger partial charge is 0.382 e. The molecular formula is C12H24ClN3O4. The lowest BCUT2D eigenvalue weighted by molar-refractivity contribution is -0.142. The van der Waals surface area contributed by atoms with Gasteiger partial charge in [0.15, 0.2) is 0 Å². The second-order valence-electron chi connectivity index (χ2n) is 4.43. The number of amides is 2. The van der Waals surface area contributed by atoms with Crippen LogP contribution in [0, 0.1) is 0 Å². The Bertz CT molecular complexity index is 298. The van der Waals surface area contributed by atoms with Gasteiger partial charge < -0.3 is 24.6 Å². The fourth-order valence-corrected chi connectivity index (χ4v) is 1.72. The summed E-state index contributed by atoms with van der Waals surface area (Å²) in [5.74, 6) is -0.214. The van der Waals surface area contributed by atoms with Crippen LogP contribution in [0.15, 0.2) is 0 Å². The summed E-state index contributed by atoms with van der Waals surface area (Å²) in [6.07, 6.45) is 0. The third kappa shape index (κ3) is 7.04. The Labute approximate surface area is 126 Å². The SMILES string of the molecule is COCCOCC(=O)N(C)CC(=O)N1CCNCC1.Cl. The predicted molar refractivity (Wildman–Crippen MR) is 77.0 cm³/mol. The summed E-state index contributed by atoms with van der Waals surface area (Å²) in [7, 11) is 3.19. The van der Waals surface area contributed by atoms with Gasteiger partial charge in [0.2, 0.25) is 11.8 Å². The van der Waals surface area contributed by atoms with Crippen molar-refractivity contribution in [3.8, 4) is 0 Å². The number of ether oxygens (including phenoxy) is 2. The van der Waals surface area contributed by atoms with Crippen molar-refractivity contribution in [1.29, 1.82) is 0 Å². The van der Waals surface area contributed by atoms with Gasteiger partial charge in [0.25, 0.3) is 0 Å². The normalized spacial score (nSPS) is 14.6. The third-order valence-corrected chi connectivity index (χ3v) is 2.93. The summed E-state index contributed by atoms with van der Waals surface area (Å²) in [4.78, 5) is 26.8. The van der Waals surface area contributed by atoms with E-state index in [1.165, 1.54) is 4.90 Å². The number of hydrogen-bond acceptors (Lipinski definition) is 5. The minimum absolute atomic E-state index is 0. The molecule has 118 valence electrons. The van der Waals surface area contributed by atoms with Gasteiger partial charge >= 0.3 is 0 Å². The van der Waals surface area contributed by atoms with Crippen LogP contribution >= 0.6 is 12.4 Å². The van der Waals surface area contributed by atoms with Crippen molar-refractivity contribution in [3.63, 3.8) is 0 Å². The van der Waals surface area contributed by atoms with Crippen molar-refractivity contribution in [1.82, 2.24) is 15.1 Å². The minimum atomic E-state index is -0.195. The fraction of sp³-hybridized carbons (Fsp3) is 0.833. The molecule has 1 fully saturated rings. The first-order chi connectivity index (χ1) is 9.15. The van der Waals surface area contributed by atoms with Gasteiger partial charge in [-0.2, -0.15) is 0 Å². The molecule has 1 N–H and O–H groups in total.